The highest BCUT2D eigenvalue weighted by atomic mass is 16.5. The van der Waals surface area contributed by atoms with Gasteiger partial charge in [0.25, 0.3) is 0 Å². The highest BCUT2D eigenvalue weighted by Gasteiger charge is 2.21. The third-order valence-electron chi connectivity index (χ3n) is 2.39. The lowest BCUT2D eigenvalue weighted by Crippen LogP contribution is -2.08. The first-order valence-corrected chi connectivity index (χ1v) is 5.27. The molecule has 1 heterocycles. The smallest absolute Gasteiger partial charge is 0.335 e. The van der Waals surface area contributed by atoms with Crippen molar-refractivity contribution >= 4 is 5.97 Å². The van der Waals surface area contributed by atoms with Crippen LogP contribution in [0, 0.1) is 0 Å². The molecule has 0 saturated heterocycles. The molecule has 86 valence electrons. The molecule has 0 aromatic heterocycles. The number of benzene rings is 1. The second kappa shape index (κ2) is 4.04. The van der Waals surface area contributed by atoms with Crippen LogP contribution in [0.5, 0.6) is 11.5 Å². The summed E-state index contributed by atoms with van der Waals surface area (Å²) in [7, 11) is 0. The first-order chi connectivity index (χ1) is 7.58. The molecule has 0 unspecified atom stereocenters. The lowest BCUT2D eigenvalue weighted by Gasteiger charge is -2.13. The molecular formula is C12H14O4. The van der Waals surface area contributed by atoms with Gasteiger partial charge in [0, 0.05) is 12.0 Å². The molecule has 0 saturated carbocycles. The number of hydrogen-bond donors (Lipinski definition) is 1. The molecule has 0 amide bonds. The number of ether oxygens (including phenoxy) is 2. The maximum absolute atomic E-state index is 10.9. The van der Waals surface area contributed by atoms with Crippen molar-refractivity contribution in [2.24, 2.45) is 0 Å². The molecule has 16 heavy (non-hydrogen) atoms. The fraction of sp³-hybridized carbons (Fsp3) is 0.417. The number of carboxylic acid groups (broad SMARTS) is 1. The number of carbonyl (C=O) groups is 1. The van der Waals surface area contributed by atoms with Crippen LogP contribution in [0.2, 0.25) is 0 Å². The monoisotopic (exact) mass is 222 g/mol. The maximum atomic E-state index is 10.9. The maximum Gasteiger partial charge on any atom is 0.335 e. The van der Waals surface area contributed by atoms with Crippen molar-refractivity contribution in [2.75, 3.05) is 6.61 Å². The predicted molar refractivity (Wildman–Crippen MR) is 58.4 cm³/mol. The Hall–Kier alpha value is -1.71. The van der Waals surface area contributed by atoms with Gasteiger partial charge in [-0.15, -0.1) is 0 Å². The van der Waals surface area contributed by atoms with Gasteiger partial charge in [0.15, 0.2) is 0 Å². The standard InChI is InChI=1S/C12H14O4/c1-7(2)16-11-6-8(12(13)14)5-10-9(11)3-4-15-10/h5-7H,3-4H2,1-2H3,(H,13,14). The summed E-state index contributed by atoms with van der Waals surface area (Å²) >= 11 is 0. The first-order valence-electron chi connectivity index (χ1n) is 5.27. The van der Waals surface area contributed by atoms with E-state index in [4.69, 9.17) is 14.6 Å². The summed E-state index contributed by atoms with van der Waals surface area (Å²) in [6.45, 7) is 4.41. The van der Waals surface area contributed by atoms with Gasteiger partial charge in [0.05, 0.1) is 18.3 Å². The molecule has 0 bridgehead atoms. The Kier molecular flexibility index (Phi) is 2.73. The normalized spacial score (nSPS) is 13.4. The molecule has 1 aromatic rings. The summed E-state index contributed by atoms with van der Waals surface area (Å²) in [5, 5.41) is 8.96. The molecule has 0 aliphatic carbocycles. The number of fused-ring (bicyclic) bond motifs is 1. The van der Waals surface area contributed by atoms with Crippen molar-refractivity contribution in [3.63, 3.8) is 0 Å². The Labute approximate surface area is 93.8 Å². The average molecular weight is 222 g/mol. The van der Waals surface area contributed by atoms with E-state index in [0.29, 0.717) is 18.1 Å². The second-order valence-electron chi connectivity index (χ2n) is 4.02. The minimum absolute atomic E-state index is 0.0220. The van der Waals surface area contributed by atoms with E-state index in [2.05, 4.69) is 0 Å². The Morgan fingerprint density at radius 3 is 2.88 bits per heavy atom. The largest absolute Gasteiger partial charge is 0.493 e. The van der Waals surface area contributed by atoms with Gasteiger partial charge in [-0.25, -0.2) is 4.79 Å². The molecule has 0 radical (unpaired) electrons. The molecule has 1 N–H and O–H groups in total. The van der Waals surface area contributed by atoms with Crippen molar-refractivity contribution in [3.05, 3.63) is 23.3 Å². The molecule has 0 atom stereocenters. The molecule has 4 heteroatoms. The third kappa shape index (κ3) is 1.96. The quantitative estimate of drug-likeness (QED) is 0.850. The summed E-state index contributed by atoms with van der Waals surface area (Å²) in [6, 6.07) is 3.12. The lowest BCUT2D eigenvalue weighted by molar-refractivity contribution is 0.0695. The van der Waals surface area contributed by atoms with Crippen LogP contribution < -0.4 is 9.47 Å². The van der Waals surface area contributed by atoms with E-state index >= 15 is 0 Å². The summed E-state index contributed by atoms with van der Waals surface area (Å²) in [5.74, 6) is 0.296. The minimum Gasteiger partial charge on any atom is -0.493 e. The van der Waals surface area contributed by atoms with E-state index in [1.54, 1.807) is 12.1 Å². The summed E-state index contributed by atoms with van der Waals surface area (Å²) in [5.41, 5.74) is 1.18. The lowest BCUT2D eigenvalue weighted by atomic mass is 10.1. The summed E-state index contributed by atoms with van der Waals surface area (Å²) < 4.78 is 11.0. The van der Waals surface area contributed by atoms with E-state index in [1.807, 2.05) is 13.8 Å². The van der Waals surface area contributed by atoms with Crippen LogP contribution in [0.1, 0.15) is 29.8 Å². The summed E-state index contributed by atoms with van der Waals surface area (Å²) in [6.07, 6.45) is 0.797. The molecule has 0 spiro atoms. The van der Waals surface area contributed by atoms with Gasteiger partial charge in [0.1, 0.15) is 11.5 Å². The van der Waals surface area contributed by atoms with Gasteiger partial charge < -0.3 is 14.6 Å². The van der Waals surface area contributed by atoms with E-state index in [1.165, 1.54) is 0 Å². The van der Waals surface area contributed by atoms with Crippen LogP contribution in [-0.4, -0.2) is 23.8 Å². The highest BCUT2D eigenvalue weighted by Crippen LogP contribution is 2.35. The number of hydrogen-bond acceptors (Lipinski definition) is 3. The van der Waals surface area contributed by atoms with Crippen LogP contribution in [0.25, 0.3) is 0 Å². The van der Waals surface area contributed by atoms with Gasteiger partial charge in [0.2, 0.25) is 0 Å². The van der Waals surface area contributed by atoms with E-state index < -0.39 is 5.97 Å². The Bertz CT molecular complexity index is 423. The molecule has 0 fully saturated rings. The third-order valence-corrected chi connectivity index (χ3v) is 2.39. The highest BCUT2D eigenvalue weighted by molar-refractivity contribution is 5.89. The summed E-state index contributed by atoms with van der Waals surface area (Å²) in [4.78, 5) is 10.9. The fourth-order valence-electron chi connectivity index (χ4n) is 1.74. The second-order valence-corrected chi connectivity index (χ2v) is 4.02. The molecule has 1 aliphatic heterocycles. The van der Waals surface area contributed by atoms with Gasteiger partial charge in [-0.05, 0) is 26.0 Å². The number of aromatic carboxylic acids is 1. The Morgan fingerprint density at radius 2 is 2.25 bits per heavy atom. The van der Waals surface area contributed by atoms with Gasteiger partial charge in [-0.2, -0.15) is 0 Å². The van der Waals surface area contributed by atoms with Crippen LogP contribution in [0.15, 0.2) is 12.1 Å². The van der Waals surface area contributed by atoms with Crippen molar-refractivity contribution in [3.8, 4) is 11.5 Å². The molecular weight excluding hydrogens is 208 g/mol. The van der Waals surface area contributed by atoms with Crippen molar-refractivity contribution in [1.29, 1.82) is 0 Å². The van der Waals surface area contributed by atoms with Gasteiger partial charge >= 0.3 is 5.97 Å². The fourth-order valence-corrected chi connectivity index (χ4v) is 1.74. The Balaban J connectivity index is 2.45. The Morgan fingerprint density at radius 1 is 1.50 bits per heavy atom. The molecule has 2 rings (SSSR count). The number of carboxylic acids is 1. The van der Waals surface area contributed by atoms with Gasteiger partial charge in [-0.3, -0.25) is 0 Å². The van der Waals surface area contributed by atoms with Crippen molar-refractivity contribution in [1.82, 2.24) is 0 Å². The number of rotatable bonds is 3. The average Bonchev–Trinajstić information content (AvgIpc) is 2.64. The predicted octanol–water partition coefficient (Wildman–Crippen LogP) is 2.11. The van der Waals surface area contributed by atoms with Crippen LogP contribution >= 0.6 is 0 Å². The van der Waals surface area contributed by atoms with Crippen LogP contribution in [0.3, 0.4) is 0 Å². The van der Waals surface area contributed by atoms with E-state index in [9.17, 15) is 4.79 Å². The van der Waals surface area contributed by atoms with E-state index in [0.717, 1.165) is 12.0 Å². The SMILES string of the molecule is CC(C)Oc1cc(C(=O)O)cc2c1CCO2. The topological polar surface area (TPSA) is 55.8 Å². The first kappa shape index (κ1) is 10.8. The van der Waals surface area contributed by atoms with Crippen LogP contribution in [-0.2, 0) is 6.42 Å². The van der Waals surface area contributed by atoms with Crippen LogP contribution in [0.4, 0.5) is 0 Å². The minimum atomic E-state index is -0.966. The zero-order valence-electron chi connectivity index (χ0n) is 9.32. The molecule has 1 aliphatic rings. The van der Waals surface area contributed by atoms with E-state index in [-0.39, 0.29) is 11.7 Å². The van der Waals surface area contributed by atoms with Crippen molar-refractivity contribution in [2.45, 2.75) is 26.4 Å². The zero-order chi connectivity index (χ0) is 11.7. The molecule has 4 nitrogen and oxygen atoms in total. The van der Waals surface area contributed by atoms with Crippen molar-refractivity contribution < 1.29 is 19.4 Å². The molecule has 1 aromatic carbocycles. The zero-order valence-corrected chi connectivity index (χ0v) is 9.32. The van der Waals surface area contributed by atoms with Gasteiger partial charge in [-0.1, -0.05) is 0 Å².